The van der Waals surface area contributed by atoms with Gasteiger partial charge in [-0.25, -0.2) is 10.8 Å². The van der Waals surface area contributed by atoms with Gasteiger partial charge in [0.25, 0.3) is 0 Å². The average Bonchev–Trinajstić information content (AvgIpc) is 2.34. The molecule has 1 rings (SSSR count). The van der Waals surface area contributed by atoms with E-state index in [0.717, 1.165) is 5.69 Å². The Morgan fingerprint density at radius 1 is 1.53 bits per heavy atom. The first-order valence-electron chi connectivity index (χ1n) is 5.38. The molecule has 1 aromatic rings. The van der Waals surface area contributed by atoms with Gasteiger partial charge in [0.1, 0.15) is 5.82 Å². The molecule has 0 fully saturated rings. The maximum absolute atomic E-state index is 11.4. The van der Waals surface area contributed by atoms with Gasteiger partial charge in [-0.3, -0.25) is 10.2 Å². The third kappa shape index (κ3) is 3.56. The van der Waals surface area contributed by atoms with Crippen molar-refractivity contribution in [2.24, 2.45) is 5.84 Å². The van der Waals surface area contributed by atoms with Crippen molar-refractivity contribution in [2.45, 2.75) is 13.8 Å². The Hall–Kier alpha value is -1.89. The highest BCUT2D eigenvalue weighted by Crippen LogP contribution is 2.13. The molecule has 7 nitrogen and oxygen atoms in total. The molecule has 1 aromatic heterocycles. The number of aryl methyl sites for hydroxylation is 1. The van der Waals surface area contributed by atoms with Crippen molar-refractivity contribution in [3.63, 3.8) is 0 Å². The van der Waals surface area contributed by atoms with Crippen LogP contribution in [0.15, 0.2) is 6.07 Å². The SMILES string of the molecule is CCN(CC(=O)NC)c1cc(C)nc(NN)n1. The number of hydrazine groups is 1. The second-order valence-electron chi connectivity index (χ2n) is 3.52. The number of nitrogen functional groups attached to an aromatic ring is 1. The molecule has 0 spiro atoms. The minimum Gasteiger partial charge on any atom is -0.358 e. The van der Waals surface area contributed by atoms with Gasteiger partial charge in [0, 0.05) is 25.4 Å². The van der Waals surface area contributed by atoms with Gasteiger partial charge in [-0.2, -0.15) is 4.98 Å². The van der Waals surface area contributed by atoms with Crippen LogP contribution in [-0.4, -0.2) is 36.0 Å². The van der Waals surface area contributed by atoms with Crippen LogP contribution in [-0.2, 0) is 4.79 Å². The first kappa shape index (κ1) is 13.2. The summed E-state index contributed by atoms with van der Waals surface area (Å²) in [6.07, 6.45) is 0. The van der Waals surface area contributed by atoms with E-state index >= 15 is 0 Å². The molecule has 17 heavy (non-hydrogen) atoms. The monoisotopic (exact) mass is 238 g/mol. The van der Waals surface area contributed by atoms with Gasteiger partial charge >= 0.3 is 0 Å². The molecule has 7 heteroatoms. The lowest BCUT2D eigenvalue weighted by Gasteiger charge is -2.21. The molecule has 0 saturated carbocycles. The lowest BCUT2D eigenvalue weighted by Crippen LogP contribution is -2.36. The van der Waals surface area contributed by atoms with Gasteiger partial charge in [0.15, 0.2) is 0 Å². The summed E-state index contributed by atoms with van der Waals surface area (Å²) in [4.78, 5) is 21.5. The molecule has 1 heterocycles. The van der Waals surface area contributed by atoms with Gasteiger partial charge < -0.3 is 10.2 Å². The van der Waals surface area contributed by atoms with Crippen LogP contribution < -0.4 is 21.5 Å². The van der Waals surface area contributed by atoms with E-state index in [2.05, 4.69) is 20.7 Å². The van der Waals surface area contributed by atoms with Crippen molar-refractivity contribution in [3.8, 4) is 0 Å². The van der Waals surface area contributed by atoms with Crippen molar-refractivity contribution in [1.82, 2.24) is 15.3 Å². The van der Waals surface area contributed by atoms with Gasteiger partial charge in [-0.1, -0.05) is 0 Å². The average molecular weight is 238 g/mol. The summed E-state index contributed by atoms with van der Waals surface area (Å²) >= 11 is 0. The summed E-state index contributed by atoms with van der Waals surface area (Å²) in [5.74, 6) is 6.24. The highest BCUT2D eigenvalue weighted by Gasteiger charge is 2.11. The fourth-order valence-corrected chi connectivity index (χ4v) is 1.39. The molecule has 0 aromatic carbocycles. The molecule has 1 amide bonds. The number of anilines is 2. The van der Waals surface area contributed by atoms with E-state index in [1.54, 1.807) is 7.05 Å². The fourth-order valence-electron chi connectivity index (χ4n) is 1.39. The molecule has 0 aliphatic heterocycles. The topological polar surface area (TPSA) is 96.2 Å². The molecule has 0 atom stereocenters. The van der Waals surface area contributed by atoms with Gasteiger partial charge in [0.2, 0.25) is 11.9 Å². The number of carbonyl (C=O) groups excluding carboxylic acids is 1. The number of hydrogen-bond acceptors (Lipinski definition) is 6. The van der Waals surface area contributed by atoms with Crippen molar-refractivity contribution in [2.75, 3.05) is 30.5 Å². The normalized spacial score (nSPS) is 9.88. The zero-order valence-electron chi connectivity index (χ0n) is 10.3. The first-order valence-corrected chi connectivity index (χ1v) is 5.38. The molecule has 0 aliphatic rings. The predicted octanol–water partition coefficient (Wildman–Crippen LogP) is -0.357. The Morgan fingerprint density at radius 3 is 2.76 bits per heavy atom. The standard InChI is InChI=1S/C10H18N6O/c1-4-16(6-9(17)12-3)8-5-7(2)13-10(14-8)15-11/h5H,4,6,11H2,1-3H3,(H,12,17)(H,13,14,15). The van der Waals surface area contributed by atoms with Crippen LogP contribution in [0.3, 0.4) is 0 Å². The Balaban J connectivity index is 2.94. The Labute approximate surface area is 100 Å². The van der Waals surface area contributed by atoms with E-state index in [-0.39, 0.29) is 12.5 Å². The smallest absolute Gasteiger partial charge is 0.239 e. The van der Waals surface area contributed by atoms with Crippen LogP contribution in [0.4, 0.5) is 11.8 Å². The molecular weight excluding hydrogens is 220 g/mol. The van der Waals surface area contributed by atoms with Gasteiger partial charge in [-0.05, 0) is 13.8 Å². The number of carbonyl (C=O) groups is 1. The molecule has 4 N–H and O–H groups in total. The van der Waals surface area contributed by atoms with Crippen LogP contribution in [0.5, 0.6) is 0 Å². The first-order chi connectivity index (χ1) is 8.10. The maximum atomic E-state index is 11.4. The number of hydrogen-bond donors (Lipinski definition) is 3. The molecule has 0 bridgehead atoms. The number of likely N-dealkylation sites (N-methyl/N-ethyl adjacent to an activating group) is 2. The van der Waals surface area contributed by atoms with Gasteiger partial charge in [-0.15, -0.1) is 0 Å². The van der Waals surface area contributed by atoms with Crippen molar-refractivity contribution >= 4 is 17.7 Å². The molecule has 0 aliphatic carbocycles. The summed E-state index contributed by atoms with van der Waals surface area (Å²) in [7, 11) is 1.61. The number of nitrogens with one attached hydrogen (secondary N) is 2. The summed E-state index contributed by atoms with van der Waals surface area (Å²) in [5, 5.41) is 2.58. The third-order valence-electron chi connectivity index (χ3n) is 2.29. The molecular formula is C10H18N6O. The van der Waals surface area contributed by atoms with Crippen molar-refractivity contribution in [1.29, 1.82) is 0 Å². The quantitative estimate of drug-likeness (QED) is 0.479. The van der Waals surface area contributed by atoms with E-state index in [4.69, 9.17) is 5.84 Å². The zero-order chi connectivity index (χ0) is 12.8. The highest BCUT2D eigenvalue weighted by atomic mass is 16.1. The summed E-state index contributed by atoms with van der Waals surface area (Å²) in [6.45, 7) is 4.73. The van der Waals surface area contributed by atoms with Crippen LogP contribution in [0, 0.1) is 6.92 Å². The van der Waals surface area contributed by atoms with E-state index in [1.807, 2.05) is 24.8 Å². The number of nitrogens with two attached hydrogens (primary N) is 1. The predicted molar refractivity (Wildman–Crippen MR) is 66.5 cm³/mol. The van der Waals surface area contributed by atoms with Crippen molar-refractivity contribution < 1.29 is 4.79 Å². The van der Waals surface area contributed by atoms with E-state index < -0.39 is 0 Å². The van der Waals surface area contributed by atoms with E-state index in [1.165, 1.54) is 0 Å². The molecule has 0 radical (unpaired) electrons. The van der Waals surface area contributed by atoms with Crippen molar-refractivity contribution in [3.05, 3.63) is 11.8 Å². The van der Waals surface area contributed by atoms with Crippen LogP contribution in [0.2, 0.25) is 0 Å². The van der Waals surface area contributed by atoms with Gasteiger partial charge in [0.05, 0.1) is 6.54 Å². The largest absolute Gasteiger partial charge is 0.358 e. The van der Waals surface area contributed by atoms with E-state index in [9.17, 15) is 4.79 Å². The maximum Gasteiger partial charge on any atom is 0.239 e. The number of aromatic nitrogens is 2. The molecule has 94 valence electrons. The minimum atomic E-state index is -0.0645. The Kier molecular flexibility index (Phi) is 4.65. The Morgan fingerprint density at radius 2 is 2.24 bits per heavy atom. The lowest BCUT2D eigenvalue weighted by molar-refractivity contribution is -0.119. The summed E-state index contributed by atoms with van der Waals surface area (Å²) in [5.41, 5.74) is 3.20. The fraction of sp³-hybridized carbons (Fsp3) is 0.500. The number of amides is 1. The summed E-state index contributed by atoms with van der Waals surface area (Å²) < 4.78 is 0. The van der Waals surface area contributed by atoms with Crippen LogP contribution in [0.25, 0.3) is 0 Å². The second kappa shape index (κ2) is 6.00. The molecule has 0 saturated heterocycles. The van der Waals surface area contributed by atoms with E-state index in [0.29, 0.717) is 18.3 Å². The number of rotatable bonds is 5. The highest BCUT2D eigenvalue weighted by molar-refractivity contribution is 5.80. The zero-order valence-corrected chi connectivity index (χ0v) is 10.3. The lowest BCUT2D eigenvalue weighted by atomic mass is 10.3. The second-order valence-corrected chi connectivity index (χ2v) is 3.52. The van der Waals surface area contributed by atoms with Crippen LogP contribution >= 0.6 is 0 Å². The summed E-state index contributed by atoms with van der Waals surface area (Å²) in [6, 6.07) is 1.81. The third-order valence-corrected chi connectivity index (χ3v) is 2.29. The molecule has 0 unspecified atom stereocenters. The minimum absolute atomic E-state index is 0.0645. The Bertz CT molecular complexity index is 394. The number of nitrogens with zero attached hydrogens (tertiary/aromatic N) is 3. The van der Waals surface area contributed by atoms with Crippen LogP contribution in [0.1, 0.15) is 12.6 Å².